The lowest BCUT2D eigenvalue weighted by Gasteiger charge is -2.17. The molecule has 0 aromatic carbocycles. The molecule has 2 unspecified atom stereocenters. The molecule has 0 aromatic heterocycles. The van der Waals surface area contributed by atoms with Gasteiger partial charge in [-0.15, -0.1) is 0 Å². The van der Waals surface area contributed by atoms with Gasteiger partial charge in [-0.1, -0.05) is 0 Å². The van der Waals surface area contributed by atoms with Crippen LogP contribution in [0.4, 0.5) is 0 Å². The van der Waals surface area contributed by atoms with E-state index < -0.39 is 18.3 Å². The van der Waals surface area contributed by atoms with Crippen LogP contribution in [0.3, 0.4) is 0 Å². The van der Waals surface area contributed by atoms with Crippen molar-refractivity contribution in [2.24, 2.45) is 0 Å². The van der Waals surface area contributed by atoms with E-state index in [0.717, 1.165) is 0 Å². The second-order valence-corrected chi connectivity index (χ2v) is 2.80. The number of ether oxygens (including phenoxy) is 2. The van der Waals surface area contributed by atoms with Crippen LogP contribution in [-0.4, -0.2) is 30.8 Å². The van der Waals surface area contributed by atoms with E-state index in [2.05, 4.69) is 5.32 Å². The van der Waals surface area contributed by atoms with Crippen LogP contribution in [0, 0.1) is 0 Å². The van der Waals surface area contributed by atoms with Crippen LogP contribution in [0.15, 0.2) is 0 Å². The Morgan fingerprint density at radius 3 is 2.92 bits per heavy atom. The third-order valence-corrected chi connectivity index (χ3v) is 1.69. The molecule has 1 rings (SSSR count). The Balaban J connectivity index is 2.49. The van der Waals surface area contributed by atoms with Gasteiger partial charge in [0.25, 0.3) is 0 Å². The van der Waals surface area contributed by atoms with Crippen LogP contribution in [0.25, 0.3) is 0 Å². The summed E-state index contributed by atoms with van der Waals surface area (Å²) >= 11 is 0. The van der Waals surface area contributed by atoms with Crippen molar-refractivity contribution in [2.75, 3.05) is 6.61 Å². The summed E-state index contributed by atoms with van der Waals surface area (Å²) in [6.07, 6.45) is -0.782. The van der Waals surface area contributed by atoms with Crippen molar-refractivity contribution in [1.29, 1.82) is 0 Å². The van der Waals surface area contributed by atoms with Crippen molar-refractivity contribution in [2.45, 2.75) is 32.6 Å². The summed E-state index contributed by atoms with van der Waals surface area (Å²) in [6, 6.07) is 0. The van der Waals surface area contributed by atoms with E-state index in [0.29, 0.717) is 6.61 Å². The number of esters is 1. The molecular weight excluding hydrogens is 174 g/mol. The summed E-state index contributed by atoms with van der Waals surface area (Å²) in [6.45, 7) is 3.60. The van der Waals surface area contributed by atoms with Gasteiger partial charge in [0, 0.05) is 13.5 Å². The Hall–Kier alpha value is -1.10. The van der Waals surface area contributed by atoms with Gasteiger partial charge in [-0.05, 0) is 6.92 Å². The molecule has 0 radical (unpaired) electrons. The molecule has 1 aliphatic rings. The summed E-state index contributed by atoms with van der Waals surface area (Å²) in [5, 5.41) is 2.57. The Morgan fingerprint density at radius 1 is 1.69 bits per heavy atom. The fourth-order valence-electron chi connectivity index (χ4n) is 1.25. The van der Waals surface area contributed by atoms with Gasteiger partial charge in [0.05, 0.1) is 6.42 Å². The second kappa shape index (κ2) is 4.23. The molecule has 1 amide bonds. The molecule has 0 saturated carbocycles. The first-order valence-corrected chi connectivity index (χ1v) is 4.21. The fourth-order valence-corrected chi connectivity index (χ4v) is 1.25. The Kier molecular flexibility index (Phi) is 3.25. The third kappa shape index (κ3) is 2.69. The molecule has 2 atom stereocenters. The zero-order valence-electron chi connectivity index (χ0n) is 7.70. The molecule has 0 aliphatic carbocycles. The topological polar surface area (TPSA) is 64.6 Å². The molecule has 0 bridgehead atoms. The highest BCUT2D eigenvalue weighted by Gasteiger charge is 2.35. The maximum absolute atomic E-state index is 10.9. The molecule has 74 valence electrons. The lowest BCUT2D eigenvalue weighted by Crippen LogP contribution is -2.36. The van der Waals surface area contributed by atoms with Gasteiger partial charge in [-0.2, -0.15) is 0 Å². The van der Waals surface area contributed by atoms with Gasteiger partial charge in [0.1, 0.15) is 0 Å². The van der Waals surface area contributed by atoms with Gasteiger partial charge in [-0.3, -0.25) is 9.59 Å². The smallest absolute Gasteiger partial charge is 0.303 e. The van der Waals surface area contributed by atoms with Gasteiger partial charge >= 0.3 is 5.97 Å². The lowest BCUT2D eigenvalue weighted by atomic mass is 10.3. The van der Waals surface area contributed by atoms with Crippen LogP contribution in [-0.2, 0) is 19.1 Å². The van der Waals surface area contributed by atoms with Crippen molar-refractivity contribution in [3.8, 4) is 0 Å². The SMILES string of the molecule is CCOC1NC(=O)CC1OC(C)=O. The quantitative estimate of drug-likeness (QED) is 0.621. The first kappa shape index (κ1) is 9.98. The molecule has 0 spiro atoms. The molecule has 5 heteroatoms. The van der Waals surface area contributed by atoms with E-state index in [-0.39, 0.29) is 12.3 Å². The average Bonchev–Trinajstić information content (AvgIpc) is 2.31. The molecule has 1 fully saturated rings. The fraction of sp³-hybridized carbons (Fsp3) is 0.750. The van der Waals surface area contributed by atoms with E-state index in [1.54, 1.807) is 0 Å². The summed E-state index contributed by atoms with van der Waals surface area (Å²) in [5.41, 5.74) is 0. The highest BCUT2D eigenvalue weighted by Crippen LogP contribution is 2.13. The number of rotatable bonds is 3. The Morgan fingerprint density at radius 2 is 2.38 bits per heavy atom. The van der Waals surface area contributed by atoms with Crippen LogP contribution in [0.5, 0.6) is 0 Å². The van der Waals surface area contributed by atoms with Gasteiger partial charge in [0.15, 0.2) is 12.3 Å². The van der Waals surface area contributed by atoms with E-state index in [1.807, 2.05) is 6.92 Å². The van der Waals surface area contributed by atoms with Crippen molar-refractivity contribution in [3.05, 3.63) is 0 Å². The highest BCUT2D eigenvalue weighted by atomic mass is 16.6. The second-order valence-electron chi connectivity index (χ2n) is 2.80. The number of hydrogen-bond acceptors (Lipinski definition) is 4. The number of nitrogens with one attached hydrogen (secondary N) is 1. The van der Waals surface area contributed by atoms with Crippen LogP contribution in [0.2, 0.25) is 0 Å². The minimum Gasteiger partial charge on any atom is -0.457 e. The molecular formula is C8H13NO4. The van der Waals surface area contributed by atoms with E-state index >= 15 is 0 Å². The van der Waals surface area contributed by atoms with Crippen LogP contribution in [0.1, 0.15) is 20.3 Å². The summed E-state index contributed by atoms with van der Waals surface area (Å²) in [7, 11) is 0. The Labute approximate surface area is 76.4 Å². The predicted octanol–water partition coefficient (Wildman–Crippen LogP) is -0.199. The van der Waals surface area contributed by atoms with Crippen molar-refractivity contribution < 1.29 is 19.1 Å². The number of hydrogen-bond donors (Lipinski definition) is 1. The van der Waals surface area contributed by atoms with E-state index in [4.69, 9.17) is 9.47 Å². The average molecular weight is 187 g/mol. The van der Waals surface area contributed by atoms with Crippen LogP contribution >= 0.6 is 0 Å². The zero-order chi connectivity index (χ0) is 9.84. The molecule has 1 saturated heterocycles. The van der Waals surface area contributed by atoms with Crippen LogP contribution < -0.4 is 5.32 Å². The number of carbonyl (C=O) groups excluding carboxylic acids is 2. The first-order chi connectivity index (χ1) is 6.13. The van der Waals surface area contributed by atoms with E-state index in [1.165, 1.54) is 6.92 Å². The van der Waals surface area contributed by atoms with Gasteiger partial charge in [-0.25, -0.2) is 0 Å². The standard InChI is InChI=1S/C8H13NO4/c1-3-12-8-6(13-5(2)10)4-7(11)9-8/h6,8H,3-4H2,1-2H3,(H,9,11). The van der Waals surface area contributed by atoms with Gasteiger partial charge in [0.2, 0.25) is 5.91 Å². The van der Waals surface area contributed by atoms with Crippen molar-refractivity contribution >= 4 is 11.9 Å². The highest BCUT2D eigenvalue weighted by molar-refractivity contribution is 5.80. The van der Waals surface area contributed by atoms with E-state index in [9.17, 15) is 9.59 Å². The summed E-state index contributed by atoms with van der Waals surface area (Å²) < 4.78 is 10.1. The third-order valence-electron chi connectivity index (χ3n) is 1.69. The normalized spacial score (nSPS) is 27.1. The molecule has 1 heterocycles. The minimum absolute atomic E-state index is 0.148. The molecule has 1 N–H and O–H groups in total. The van der Waals surface area contributed by atoms with Crippen molar-refractivity contribution in [1.82, 2.24) is 5.32 Å². The van der Waals surface area contributed by atoms with Gasteiger partial charge < -0.3 is 14.8 Å². The lowest BCUT2D eigenvalue weighted by molar-refractivity contribution is -0.153. The molecule has 13 heavy (non-hydrogen) atoms. The van der Waals surface area contributed by atoms with Crippen molar-refractivity contribution in [3.63, 3.8) is 0 Å². The monoisotopic (exact) mass is 187 g/mol. The summed E-state index contributed by atoms with van der Waals surface area (Å²) in [4.78, 5) is 21.6. The maximum Gasteiger partial charge on any atom is 0.303 e. The summed E-state index contributed by atoms with van der Waals surface area (Å²) in [5.74, 6) is -0.545. The number of carbonyl (C=O) groups is 2. The number of amides is 1. The predicted molar refractivity (Wildman–Crippen MR) is 43.7 cm³/mol. The largest absolute Gasteiger partial charge is 0.457 e. The molecule has 1 aliphatic heterocycles. The Bertz CT molecular complexity index is 216. The maximum atomic E-state index is 10.9. The minimum atomic E-state index is -0.485. The first-order valence-electron chi connectivity index (χ1n) is 4.21. The molecule has 0 aromatic rings. The molecule has 5 nitrogen and oxygen atoms in total. The zero-order valence-corrected chi connectivity index (χ0v) is 7.70.